The molecule has 4 heteroatoms. The number of piperidine rings is 1. The highest BCUT2D eigenvalue weighted by Crippen LogP contribution is 2.22. The minimum atomic E-state index is -0.318. The van der Waals surface area contributed by atoms with E-state index in [9.17, 15) is 4.79 Å². The van der Waals surface area contributed by atoms with E-state index in [4.69, 9.17) is 9.47 Å². The first-order valence-electron chi connectivity index (χ1n) is 6.44. The van der Waals surface area contributed by atoms with E-state index in [1.807, 2.05) is 18.2 Å². The summed E-state index contributed by atoms with van der Waals surface area (Å²) in [4.78, 5) is 11.8. The molecule has 1 aromatic carbocycles. The molecule has 1 N–H and O–H groups in total. The lowest BCUT2D eigenvalue weighted by atomic mass is 10.1. The standard InChI is InChI=1S/C14H19NO3/c1-2-17-14(16)12-5-3-4-6-13(12)18-11-7-9-15-10-8-11/h3-6,11,15H,2,7-10H2,1H3. The Labute approximate surface area is 107 Å². The van der Waals surface area contributed by atoms with Gasteiger partial charge in [-0.15, -0.1) is 0 Å². The number of hydrogen-bond donors (Lipinski definition) is 1. The number of rotatable bonds is 4. The van der Waals surface area contributed by atoms with Gasteiger partial charge >= 0.3 is 5.97 Å². The van der Waals surface area contributed by atoms with Crippen molar-refractivity contribution in [1.82, 2.24) is 5.32 Å². The second kappa shape index (κ2) is 6.40. The lowest BCUT2D eigenvalue weighted by molar-refractivity contribution is 0.0517. The number of esters is 1. The van der Waals surface area contributed by atoms with Crippen molar-refractivity contribution in [3.8, 4) is 5.75 Å². The first kappa shape index (κ1) is 12.9. The van der Waals surface area contributed by atoms with Crippen molar-refractivity contribution in [2.45, 2.75) is 25.9 Å². The summed E-state index contributed by atoms with van der Waals surface area (Å²) in [6, 6.07) is 7.27. The fourth-order valence-electron chi connectivity index (χ4n) is 2.04. The molecule has 1 aromatic rings. The van der Waals surface area contributed by atoms with Crippen LogP contribution in [0.3, 0.4) is 0 Å². The Morgan fingerprint density at radius 1 is 1.33 bits per heavy atom. The van der Waals surface area contributed by atoms with Crippen LogP contribution in [0.25, 0.3) is 0 Å². The first-order valence-corrected chi connectivity index (χ1v) is 6.44. The van der Waals surface area contributed by atoms with Gasteiger partial charge in [0.15, 0.2) is 0 Å². The maximum atomic E-state index is 11.8. The van der Waals surface area contributed by atoms with Crippen LogP contribution in [-0.4, -0.2) is 31.8 Å². The number of hydrogen-bond acceptors (Lipinski definition) is 4. The van der Waals surface area contributed by atoms with Gasteiger partial charge in [0.1, 0.15) is 17.4 Å². The molecule has 1 saturated heterocycles. The summed E-state index contributed by atoms with van der Waals surface area (Å²) in [6.07, 6.45) is 2.12. The maximum absolute atomic E-state index is 11.8. The molecular weight excluding hydrogens is 230 g/mol. The molecule has 0 bridgehead atoms. The van der Waals surface area contributed by atoms with E-state index in [0.717, 1.165) is 25.9 Å². The second-order valence-corrected chi connectivity index (χ2v) is 4.28. The van der Waals surface area contributed by atoms with Gasteiger partial charge in [0.2, 0.25) is 0 Å². The summed E-state index contributed by atoms with van der Waals surface area (Å²) in [5, 5.41) is 3.29. The second-order valence-electron chi connectivity index (χ2n) is 4.28. The summed E-state index contributed by atoms with van der Waals surface area (Å²) in [6.45, 7) is 4.10. The van der Waals surface area contributed by atoms with Crippen molar-refractivity contribution in [1.29, 1.82) is 0 Å². The van der Waals surface area contributed by atoms with Crippen LogP contribution in [0.4, 0.5) is 0 Å². The van der Waals surface area contributed by atoms with Crippen LogP contribution >= 0.6 is 0 Å². The zero-order chi connectivity index (χ0) is 12.8. The Hall–Kier alpha value is -1.55. The minimum Gasteiger partial charge on any atom is -0.489 e. The molecule has 0 unspecified atom stereocenters. The molecule has 0 saturated carbocycles. The number of benzene rings is 1. The van der Waals surface area contributed by atoms with Crippen molar-refractivity contribution < 1.29 is 14.3 Å². The first-order chi connectivity index (χ1) is 8.81. The van der Waals surface area contributed by atoms with Crippen molar-refractivity contribution >= 4 is 5.97 Å². The molecule has 4 nitrogen and oxygen atoms in total. The summed E-state index contributed by atoms with van der Waals surface area (Å²) < 4.78 is 10.9. The molecule has 0 aliphatic carbocycles. The van der Waals surface area contributed by atoms with Gasteiger partial charge in [-0.05, 0) is 45.0 Å². The normalized spacial score (nSPS) is 16.3. The van der Waals surface area contributed by atoms with E-state index < -0.39 is 0 Å². The van der Waals surface area contributed by atoms with E-state index in [0.29, 0.717) is 17.9 Å². The average molecular weight is 249 g/mol. The molecule has 1 aliphatic rings. The van der Waals surface area contributed by atoms with Gasteiger partial charge in [-0.2, -0.15) is 0 Å². The number of carbonyl (C=O) groups is 1. The summed E-state index contributed by atoms with van der Waals surface area (Å²) in [5.41, 5.74) is 0.512. The zero-order valence-corrected chi connectivity index (χ0v) is 10.6. The lowest BCUT2D eigenvalue weighted by Crippen LogP contribution is -2.34. The topological polar surface area (TPSA) is 47.6 Å². The Morgan fingerprint density at radius 3 is 2.78 bits per heavy atom. The molecular formula is C14H19NO3. The molecule has 1 aliphatic heterocycles. The van der Waals surface area contributed by atoms with Gasteiger partial charge in [0, 0.05) is 0 Å². The molecule has 18 heavy (non-hydrogen) atoms. The number of carbonyl (C=O) groups excluding carboxylic acids is 1. The van der Waals surface area contributed by atoms with Gasteiger partial charge in [-0.25, -0.2) is 4.79 Å². The number of nitrogens with one attached hydrogen (secondary N) is 1. The predicted octanol–water partition coefficient (Wildman–Crippen LogP) is 1.99. The molecule has 1 heterocycles. The molecule has 1 fully saturated rings. The molecule has 0 atom stereocenters. The third kappa shape index (κ3) is 3.23. The Kier molecular flexibility index (Phi) is 4.59. The fourth-order valence-corrected chi connectivity index (χ4v) is 2.04. The monoisotopic (exact) mass is 249 g/mol. The summed E-state index contributed by atoms with van der Waals surface area (Å²) in [7, 11) is 0. The van der Waals surface area contributed by atoms with Crippen LogP contribution in [-0.2, 0) is 4.74 Å². The van der Waals surface area contributed by atoms with Crippen LogP contribution in [0.2, 0.25) is 0 Å². The van der Waals surface area contributed by atoms with E-state index in [-0.39, 0.29) is 12.1 Å². The van der Waals surface area contributed by atoms with Crippen molar-refractivity contribution in [2.75, 3.05) is 19.7 Å². The number of ether oxygens (including phenoxy) is 2. The zero-order valence-electron chi connectivity index (χ0n) is 10.6. The Morgan fingerprint density at radius 2 is 2.06 bits per heavy atom. The van der Waals surface area contributed by atoms with E-state index >= 15 is 0 Å². The lowest BCUT2D eigenvalue weighted by Gasteiger charge is -2.24. The molecule has 2 rings (SSSR count). The Balaban J connectivity index is 2.08. The highest BCUT2D eigenvalue weighted by molar-refractivity contribution is 5.92. The molecule has 98 valence electrons. The van der Waals surface area contributed by atoms with Gasteiger partial charge in [-0.3, -0.25) is 0 Å². The third-order valence-electron chi connectivity index (χ3n) is 2.96. The fraction of sp³-hybridized carbons (Fsp3) is 0.500. The van der Waals surface area contributed by atoms with Crippen LogP contribution in [0.1, 0.15) is 30.1 Å². The minimum absolute atomic E-state index is 0.182. The van der Waals surface area contributed by atoms with E-state index in [2.05, 4.69) is 5.32 Å². The van der Waals surface area contributed by atoms with Gasteiger partial charge < -0.3 is 14.8 Å². The average Bonchev–Trinajstić information content (AvgIpc) is 2.41. The third-order valence-corrected chi connectivity index (χ3v) is 2.96. The van der Waals surface area contributed by atoms with E-state index in [1.165, 1.54) is 0 Å². The highest BCUT2D eigenvalue weighted by atomic mass is 16.5. The largest absolute Gasteiger partial charge is 0.489 e. The molecule has 0 radical (unpaired) electrons. The van der Waals surface area contributed by atoms with Crippen LogP contribution in [0.15, 0.2) is 24.3 Å². The highest BCUT2D eigenvalue weighted by Gasteiger charge is 2.18. The van der Waals surface area contributed by atoms with Crippen molar-refractivity contribution in [3.05, 3.63) is 29.8 Å². The molecule has 0 amide bonds. The van der Waals surface area contributed by atoms with Crippen LogP contribution in [0.5, 0.6) is 5.75 Å². The van der Waals surface area contributed by atoms with Crippen molar-refractivity contribution in [3.63, 3.8) is 0 Å². The smallest absolute Gasteiger partial charge is 0.341 e. The van der Waals surface area contributed by atoms with Gasteiger partial charge in [-0.1, -0.05) is 12.1 Å². The van der Waals surface area contributed by atoms with Gasteiger partial charge in [0.05, 0.1) is 6.61 Å². The summed E-state index contributed by atoms with van der Waals surface area (Å²) >= 11 is 0. The van der Waals surface area contributed by atoms with Crippen LogP contribution < -0.4 is 10.1 Å². The van der Waals surface area contributed by atoms with Crippen molar-refractivity contribution in [2.24, 2.45) is 0 Å². The van der Waals surface area contributed by atoms with Crippen LogP contribution in [0, 0.1) is 0 Å². The van der Waals surface area contributed by atoms with Gasteiger partial charge in [0.25, 0.3) is 0 Å². The molecule has 0 aromatic heterocycles. The summed E-state index contributed by atoms with van der Waals surface area (Å²) in [5.74, 6) is 0.310. The quantitative estimate of drug-likeness (QED) is 0.829. The SMILES string of the molecule is CCOC(=O)c1ccccc1OC1CCNCC1. The van der Waals surface area contributed by atoms with E-state index in [1.54, 1.807) is 13.0 Å². The molecule has 0 spiro atoms. The number of para-hydroxylation sites is 1. The maximum Gasteiger partial charge on any atom is 0.341 e. The predicted molar refractivity (Wildman–Crippen MR) is 68.9 cm³/mol. The Bertz CT molecular complexity index is 400.